The number of hydrogen-bond acceptors (Lipinski definition) is 4. The van der Waals surface area contributed by atoms with Crippen LogP contribution in [0.5, 0.6) is 5.75 Å². The lowest BCUT2D eigenvalue weighted by atomic mass is 9.93. The number of nitrogens with two attached hydrogens (primary N) is 1. The Bertz CT molecular complexity index is 1240. The number of aromatic nitrogens is 1. The normalized spacial score (nSPS) is 14.6. The minimum atomic E-state index is -0.473. The molecule has 1 heterocycles. The van der Waals surface area contributed by atoms with Crippen LogP contribution in [-0.2, 0) is 0 Å². The number of halogens is 2. The van der Waals surface area contributed by atoms with Gasteiger partial charge in [0.15, 0.2) is 0 Å². The summed E-state index contributed by atoms with van der Waals surface area (Å²) >= 11 is 1.59. The molecule has 0 radical (unpaired) electrons. The van der Waals surface area contributed by atoms with E-state index in [1.54, 1.807) is 31.4 Å². The van der Waals surface area contributed by atoms with Gasteiger partial charge in [0.05, 0.1) is 12.8 Å². The van der Waals surface area contributed by atoms with E-state index in [2.05, 4.69) is 31.8 Å². The fourth-order valence-electron chi connectivity index (χ4n) is 4.11. The van der Waals surface area contributed by atoms with Crippen molar-refractivity contribution in [2.75, 3.05) is 7.11 Å². The van der Waals surface area contributed by atoms with E-state index in [0.717, 1.165) is 50.0 Å². The van der Waals surface area contributed by atoms with E-state index in [-0.39, 0.29) is 24.1 Å². The summed E-state index contributed by atoms with van der Waals surface area (Å²) in [5, 5.41) is 0.808. The molecule has 180 valence electrons. The average molecular weight is 499 g/mol. The standard InChI is InChI=1S/C28H31FN2OS.ClH/c1-16-6-9-22(15-24(16)29)21(14-20-7-8-20)10-11-25(30)28-31-27(19(4)33-28)23-12-18(3)26(32-5)13-17(23)2;/h6,9,12-13,15,20-21,25H,7-8,14,30H2,1-5H3;1H/t21-,25?;/m0./s1. The van der Waals surface area contributed by atoms with E-state index >= 15 is 0 Å². The summed E-state index contributed by atoms with van der Waals surface area (Å²) in [7, 11) is 1.69. The molecule has 0 aliphatic heterocycles. The number of thiazole rings is 1. The molecule has 1 aromatic heterocycles. The summed E-state index contributed by atoms with van der Waals surface area (Å²) in [6, 6.07) is 9.15. The molecule has 34 heavy (non-hydrogen) atoms. The highest BCUT2D eigenvalue weighted by atomic mass is 35.5. The van der Waals surface area contributed by atoms with Gasteiger partial charge in [-0.15, -0.1) is 23.7 Å². The second-order valence-electron chi connectivity index (χ2n) is 9.10. The van der Waals surface area contributed by atoms with Crippen molar-refractivity contribution in [2.45, 2.75) is 58.9 Å². The van der Waals surface area contributed by atoms with Crippen LogP contribution in [0.1, 0.15) is 63.4 Å². The van der Waals surface area contributed by atoms with Crippen molar-refractivity contribution in [1.82, 2.24) is 4.98 Å². The smallest absolute Gasteiger partial charge is 0.126 e. The Morgan fingerprint density at radius 3 is 2.47 bits per heavy atom. The molecule has 1 saturated carbocycles. The van der Waals surface area contributed by atoms with Crippen molar-refractivity contribution in [3.63, 3.8) is 0 Å². The van der Waals surface area contributed by atoms with E-state index in [4.69, 9.17) is 15.5 Å². The maximum absolute atomic E-state index is 14.2. The maximum Gasteiger partial charge on any atom is 0.126 e. The number of methoxy groups -OCH3 is 1. The summed E-state index contributed by atoms with van der Waals surface area (Å²) in [5.74, 6) is 7.97. The van der Waals surface area contributed by atoms with Crippen LogP contribution in [0, 0.1) is 51.3 Å². The molecule has 0 saturated heterocycles. The Kier molecular flexibility index (Phi) is 8.41. The average Bonchev–Trinajstić information content (AvgIpc) is 3.53. The van der Waals surface area contributed by atoms with Gasteiger partial charge in [0, 0.05) is 16.4 Å². The van der Waals surface area contributed by atoms with E-state index < -0.39 is 6.04 Å². The van der Waals surface area contributed by atoms with Crippen molar-refractivity contribution >= 4 is 23.7 Å². The Balaban J connectivity index is 0.00000324. The number of ether oxygens (including phenoxy) is 1. The molecule has 4 rings (SSSR count). The zero-order valence-electron chi connectivity index (χ0n) is 20.4. The molecule has 3 aromatic rings. The predicted octanol–water partition coefficient (Wildman–Crippen LogP) is 7.20. The lowest BCUT2D eigenvalue weighted by Crippen LogP contribution is -2.08. The van der Waals surface area contributed by atoms with Crippen LogP contribution in [0.4, 0.5) is 4.39 Å². The van der Waals surface area contributed by atoms with Gasteiger partial charge in [0.25, 0.3) is 0 Å². The fraction of sp³-hybridized carbons (Fsp3) is 0.393. The molecule has 2 aromatic carbocycles. The zero-order chi connectivity index (χ0) is 23.7. The monoisotopic (exact) mass is 498 g/mol. The van der Waals surface area contributed by atoms with Crippen molar-refractivity contribution in [2.24, 2.45) is 11.7 Å². The SMILES string of the molecule is COc1cc(C)c(-c2nc(C(N)C#C[C@@H](CC3CC3)c3ccc(C)c(F)c3)sc2C)cc1C.Cl. The van der Waals surface area contributed by atoms with Crippen molar-refractivity contribution in [3.05, 3.63) is 68.3 Å². The molecule has 1 aliphatic carbocycles. The highest BCUT2D eigenvalue weighted by Gasteiger charge is 2.26. The molecule has 0 amide bonds. The largest absolute Gasteiger partial charge is 0.496 e. The molecule has 2 N–H and O–H groups in total. The lowest BCUT2D eigenvalue weighted by Gasteiger charge is -2.12. The second-order valence-corrected chi connectivity index (χ2v) is 10.3. The molecular weight excluding hydrogens is 467 g/mol. The van der Waals surface area contributed by atoms with Gasteiger partial charge in [0.2, 0.25) is 0 Å². The van der Waals surface area contributed by atoms with Crippen molar-refractivity contribution in [3.8, 4) is 28.8 Å². The van der Waals surface area contributed by atoms with Crippen LogP contribution < -0.4 is 10.5 Å². The summed E-state index contributed by atoms with van der Waals surface area (Å²) in [6.07, 6.45) is 3.41. The molecule has 1 aliphatic rings. The first-order valence-electron chi connectivity index (χ1n) is 11.4. The van der Waals surface area contributed by atoms with Gasteiger partial charge in [-0.2, -0.15) is 0 Å². The fourth-order valence-corrected chi connectivity index (χ4v) is 5.00. The van der Waals surface area contributed by atoms with Gasteiger partial charge in [0.1, 0.15) is 22.6 Å². The molecule has 0 bridgehead atoms. The number of hydrogen-bond donors (Lipinski definition) is 1. The molecular formula is C28H32ClFN2OS. The Morgan fingerprint density at radius 1 is 1.09 bits per heavy atom. The molecule has 1 unspecified atom stereocenters. The minimum absolute atomic E-state index is 0. The van der Waals surface area contributed by atoms with Gasteiger partial charge in [-0.3, -0.25) is 0 Å². The number of rotatable bonds is 6. The Morgan fingerprint density at radius 2 is 1.82 bits per heavy atom. The number of aryl methyl sites for hydroxylation is 4. The van der Waals surface area contributed by atoms with Gasteiger partial charge < -0.3 is 10.5 Å². The third-order valence-corrected chi connectivity index (χ3v) is 7.41. The highest BCUT2D eigenvalue weighted by molar-refractivity contribution is 7.12. The summed E-state index contributed by atoms with van der Waals surface area (Å²) in [6.45, 7) is 7.96. The lowest BCUT2D eigenvalue weighted by molar-refractivity contribution is 0.411. The Hall–Kier alpha value is -2.39. The van der Waals surface area contributed by atoms with Crippen molar-refractivity contribution in [1.29, 1.82) is 0 Å². The van der Waals surface area contributed by atoms with Crippen molar-refractivity contribution < 1.29 is 9.13 Å². The minimum Gasteiger partial charge on any atom is -0.496 e. The molecule has 2 atom stereocenters. The third kappa shape index (κ3) is 5.81. The summed E-state index contributed by atoms with van der Waals surface area (Å²) < 4.78 is 19.6. The molecule has 1 fully saturated rings. The van der Waals surface area contributed by atoms with E-state index in [0.29, 0.717) is 11.5 Å². The van der Waals surface area contributed by atoms with Crippen LogP contribution in [0.2, 0.25) is 0 Å². The maximum atomic E-state index is 14.2. The predicted molar refractivity (Wildman–Crippen MR) is 141 cm³/mol. The van der Waals surface area contributed by atoms with Crippen LogP contribution >= 0.6 is 23.7 Å². The van der Waals surface area contributed by atoms with Crippen LogP contribution in [0.15, 0.2) is 30.3 Å². The first-order valence-corrected chi connectivity index (χ1v) is 12.2. The molecule has 3 nitrogen and oxygen atoms in total. The molecule has 0 spiro atoms. The van der Waals surface area contributed by atoms with Crippen LogP contribution in [0.25, 0.3) is 11.3 Å². The van der Waals surface area contributed by atoms with E-state index in [1.807, 2.05) is 25.1 Å². The quantitative estimate of drug-likeness (QED) is 0.365. The number of nitrogens with zero attached hydrogens (tertiary/aromatic N) is 1. The first kappa shape index (κ1) is 26.2. The molecule has 6 heteroatoms. The van der Waals surface area contributed by atoms with Gasteiger partial charge in [-0.25, -0.2) is 9.37 Å². The Labute approximate surface area is 212 Å². The zero-order valence-corrected chi connectivity index (χ0v) is 22.0. The van der Waals surface area contributed by atoms with E-state index in [9.17, 15) is 4.39 Å². The highest BCUT2D eigenvalue weighted by Crippen LogP contribution is 2.39. The van der Waals surface area contributed by atoms with Gasteiger partial charge in [-0.05, 0) is 80.5 Å². The third-order valence-electron chi connectivity index (χ3n) is 6.35. The summed E-state index contributed by atoms with van der Waals surface area (Å²) in [5.41, 5.74) is 12.3. The van der Waals surface area contributed by atoms with Gasteiger partial charge >= 0.3 is 0 Å². The van der Waals surface area contributed by atoms with Crippen LogP contribution in [-0.4, -0.2) is 12.1 Å². The number of benzene rings is 2. The second kappa shape index (κ2) is 10.9. The topological polar surface area (TPSA) is 48.1 Å². The summed E-state index contributed by atoms with van der Waals surface area (Å²) in [4.78, 5) is 5.99. The van der Waals surface area contributed by atoms with Gasteiger partial charge in [-0.1, -0.05) is 36.8 Å². The van der Waals surface area contributed by atoms with Crippen LogP contribution in [0.3, 0.4) is 0 Å². The first-order chi connectivity index (χ1) is 15.8. The van der Waals surface area contributed by atoms with E-state index in [1.165, 1.54) is 12.8 Å².